The van der Waals surface area contributed by atoms with Gasteiger partial charge in [0.25, 0.3) is 0 Å². The van der Waals surface area contributed by atoms with E-state index in [1.807, 2.05) is 6.92 Å². The zero-order valence-electron chi connectivity index (χ0n) is 16.2. The third-order valence-electron chi connectivity index (χ3n) is 4.58. The Balaban J connectivity index is 2.83. The van der Waals surface area contributed by atoms with Crippen molar-refractivity contribution in [1.82, 2.24) is 10.2 Å². The maximum absolute atomic E-state index is 12.9. The fourth-order valence-corrected chi connectivity index (χ4v) is 2.74. The Bertz CT molecular complexity index is 574. The average molecular weight is 385 g/mol. The first-order valence-corrected chi connectivity index (χ1v) is 9.15. The Morgan fingerprint density at radius 3 is 2.59 bits per heavy atom. The normalized spacial score (nSPS) is 17.9. The number of alkyl carbamates (subject to hydrolysis) is 1. The van der Waals surface area contributed by atoms with E-state index in [1.54, 1.807) is 13.8 Å². The van der Waals surface area contributed by atoms with Crippen molar-refractivity contribution < 1.29 is 24.2 Å². The van der Waals surface area contributed by atoms with Crippen molar-refractivity contribution in [1.29, 1.82) is 0 Å². The Labute approximate surface area is 159 Å². The van der Waals surface area contributed by atoms with Gasteiger partial charge < -0.3 is 31.5 Å². The number of nitrogens with one attached hydrogen (secondary N) is 1. The number of carbonyl (C=O) groups is 3. The molecule has 2 atom stereocenters. The van der Waals surface area contributed by atoms with E-state index in [-0.39, 0.29) is 12.4 Å². The number of aliphatic carboxylic acids is 1. The van der Waals surface area contributed by atoms with E-state index >= 15 is 0 Å². The predicted molar refractivity (Wildman–Crippen MR) is 100 cm³/mol. The molecule has 0 saturated carbocycles. The molecule has 1 rings (SSSR count). The minimum Gasteiger partial charge on any atom is -0.480 e. The molecule has 154 valence electrons. The molecule has 27 heavy (non-hydrogen) atoms. The number of rotatable bonds is 9. The van der Waals surface area contributed by atoms with Crippen molar-refractivity contribution in [3.63, 3.8) is 0 Å². The summed E-state index contributed by atoms with van der Waals surface area (Å²) in [6.45, 7) is 6.06. The zero-order valence-corrected chi connectivity index (χ0v) is 16.2. The van der Waals surface area contributed by atoms with Crippen LogP contribution in [0.4, 0.5) is 4.79 Å². The summed E-state index contributed by atoms with van der Waals surface area (Å²) >= 11 is 0. The number of carboxylic acids is 1. The molecule has 0 bridgehead atoms. The van der Waals surface area contributed by atoms with Gasteiger partial charge in [-0.2, -0.15) is 0 Å². The summed E-state index contributed by atoms with van der Waals surface area (Å²) in [6.07, 6.45) is 1.60. The lowest BCUT2D eigenvalue weighted by atomic mass is 10.1. The molecule has 0 unspecified atom stereocenters. The van der Waals surface area contributed by atoms with Crippen LogP contribution in [0.15, 0.2) is 4.99 Å². The lowest BCUT2D eigenvalue weighted by Crippen LogP contribution is -2.52. The van der Waals surface area contributed by atoms with E-state index in [0.29, 0.717) is 38.8 Å². The molecule has 0 aromatic carbocycles. The van der Waals surface area contributed by atoms with Gasteiger partial charge in [0.15, 0.2) is 5.96 Å². The lowest BCUT2D eigenvalue weighted by Gasteiger charge is -2.29. The van der Waals surface area contributed by atoms with E-state index in [9.17, 15) is 19.5 Å². The van der Waals surface area contributed by atoms with Gasteiger partial charge >= 0.3 is 12.1 Å². The summed E-state index contributed by atoms with van der Waals surface area (Å²) in [4.78, 5) is 41.6. The first kappa shape index (κ1) is 22.5. The van der Waals surface area contributed by atoms with E-state index in [4.69, 9.17) is 16.2 Å². The van der Waals surface area contributed by atoms with Crippen molar-refractivity contribution in [2.24, 2.45) is 16.5 Å². The van der Waals surface area contributed by atoms with Crippen LogP contribution in [-0.4, -0.2) is 64.7 Å². The second-order valence-corrected chi connectivity index (χ2v) is 7.18. The summed E-state index contributed by atoms with van der Waals surface area (Å²) in [5.41, 5.74) is 9.89. The monoisotopic (exact) mass is 385 g/mol. The number of guanidine groups is 1. The third kappa shape index (κ3) is 7.32. The molecule has 0 spiro atoms. The molecule has 0 aromatic rings. The average Bonchev–Trinajstić information content (AvgIpc) is 3.06. The number of amides is 2. The molecule has 1 aliphatic rings. The van der Waals surface area contributed by atoms with Crippen molar-refractivity contribution in [3.8, 4) is 0 Å². The number of nitrogens with zero attached hydrogens (tertiary/aromatic N) is 2. The lowest BCUT2D eigenvalue weighted by molar-refractivity contribution is -0.149. The van der Waals surface area contributed by atoms with Crippen LogP contribution >= 0.6 is 0 Å². The Morgan fingerprint density at radius 1 is 1.37 bits per heavy atom. The van der Waals surface area contributed by atoms with Gasteiger partial charge in [0.05, 0.1) is 0 Å². The topological polar surface area (TPSA) is 160 Å². The summed E-state index contributed by atoms with van der Waals surface area (Å²) in [6, 6.07) is -1.78. The Hall–Kier alpha value is -2.52. The van der Waals surface area contributed by atoms with Crippen LogP contribution in [-0.2, 0) is 14.3 Å². The molecule has 0 radical (unpaired) electrons. The molecule has 1 fully saturated rings. The molecule has 6 N–H and O–H groups in total. The number of hydrogen-bond donors (Lipinski definition) is 4. The van der Waals surface area contributed by atoms with Crippen LogP contribution in [0.2, 0.25) is 0 Å². The fourth-order valence-electron chi connectivity index (χ4n) is 2.74. The number of hydrogen-bond acceptors (Lipinski definition) is 5. The highest BCUT2D eigenvalue weighted by Crippen LogP contribution is 2.20. The summed E-state index contributed by atoms with van der Waals surface area (Å²) < 4.78 is 5.34. The van der Waals surface area contributed by atoms with Crippen molar-refractivity contribution >= 4 is 23.9 Å². The minimum atomic E-state index is -1.05. The molecular formula is C17H31N5O5. The molecule has 1 heterocycles. The molecule has 1 saturated heterocycles. The van der Waals surface area contributed by atoms with Crippen molar-refractivity contribution in [2.45, 2.75) is 70.6 Å². The second kappa shape index (κ2) is 9.98. The summed E-state index contributed by atoms with van der Waals surface area (Å²) in [5, 5.41) is 11.9. The van der Waals surface area contributed by atoms with Crippen molar-refractivity contribution in [3.05, 3.63) is 0 Å². The highest BCUT2D eigenvalue weighted by atomic mass is 16.6. The van der Waals surface area contributed by atoms with Gasteiger partial charge in [0, 0.05) is 13.1 Å². The van der Waals surface area contributed by atoms with E-state index in [2.05, 4.69) is 10.3 Å². The number of aliphatic imine (C=N–C) groups is 1. The van der Waals surface area contributed by atoms with E-state index < -0.39 is 35.7 Å². The van der Waals surface area contributed by atoms with Crippen LogP contribution in [0.5, 0.6) is 0 Å². The predicted octanol–water partition coefficient (Wildman–Crippen LogP) is 0.399. The summed E-state index contributed by atoms with van der Waals surface area (Å²) in [7, 11) is 0. The first-order valence-electron chi connectivity index (χ1n) is 9.15. The summed E-state index contributed by atoms with van der Waals surface area (Å²) in [5.74, 6) is -1.54. The van der Waals surface area contributed by atoms with E-state index in [1.165, 1.54) is 4.90 Å². The highest BCUT2D eigenvalue weighted by Gasteiger charge is 2.38. The number of likely N-dealkylation sites (tertiary alicyclic amines) is 1. The van der Waals surface area contributed by atoms with Gasteiger partial charge in [-0.25, -0.2) is 9.59 Å². The minimum absolute atomic E-state index is 0.0552. The van der Waals surface area contributed by atoms with Crippen LogP contribution in [0.25, 0.3) is 0 Å². The van der Waals surface area contributed by atoms with Crippen LogP contribution in [0, 0.1) is 0 Å². The largest absolute Gasteiger partial charge is 0.480 e. The molecule has 0 aromatic heterocycles. The highest BCUT2D eigenvalue weighted by molar-refractivity contribution is 5.89. The maximum atomic E-state index is 12.9. The van der Waals surface area contributed by atoms with Gasteiger partial charge in [-0.3, -0.25) is 9.79 Å². The Morgan fingerprint density at radius 2 is 2.04 bits per heavy atom. The first-order chi connectivity index (χ1) is 12.6. The molecule has 2 amide bonds. The zero-order chi connectivity index (χ0) is 20.6. The molecular weight excluding hydrogens is 354 g/mol. The number of carbonyl (C=O) groups excluding carboxylic acids is 2. The number of ether oxygens (including phenoxy) is 1. The fraction of sp³-hybridized carbons (Fsp3) is 0.765. The molecule has 0 aliphatic carbocycles. The SMILES string of the molecule is CCC(C)(C)OC(=O)N[C@@H](CCCN=C(N)N)C(=O)N1CCC[C@H]1C(=O)O. The van der Waals surface area contributed by atoms with Crippen LogP contribution in [0.3, 0.4) is 0 Å². The van der Waals surface area contributed by atoms with Crippen LogP contribution in [0.1, 0.15) is 52.9 Å². The number of carboxylic acid groups (broad SMARTS) is 1. The smallest absolute Gasteiger partial charge is 0.408 e. The number of nitrogens with two attached hydrogens (primary N) is 2. The standard InChI is InChI=1S/C17H31N5O5/c1-4-17(2,3)27-16(26)21-11(7-5-9-20-15(18)19)13(23)22-10-6-8-12(22)14(24)25/h11-12H,4-10H2,1-3H3,(H,21,26)(H,24,25)(H4,18,19,20)/t11-,12-/m0/s1. The maximum Gasteiger partial charge on any atom is 0.408 e. The van der Waals surface area contributed by atoms with Gasteiger partial charge in [0.1, 0.15) is 17.7 Å². The van der Waals surface area contributed by atoms with Crippen LogP contribution < -0.4 is 16.8 Å². The molecule has 1 aliphatic heterocycles. The van der Waals surface area contributed by atoms with Gasteiger partial charge in [-0.15, -0.1) is 0 Å². The molecule has 10 nitrogen and oxygen atoms in total. The van der Waals surface area contributed by atoms with Gasteiger partial charge in [-0.1, -0.05) is 6.92 Å². The molecule has 10 heteroatoms. The quantitative estimate of drug-likeness (QED) is 0.254. The van der Waals surface area contributed by atoms with Crippen molar-refractivity contribution in [2.75, 3.05) is 13.1 Å². The second-order valence-electron chi connectivity index (χ2n) is 7.18. The third-order valence-corrected chi connectivity index (χ3v) is 4.58. The Kier molecular flexibility index (Phi) is 8.32. The van der Waals surface area contributed by atoms with E-state index in [0.717, 1.165) is 0 Å². The van der Waals surface area contributed by atoms with Gasteiger partial charge in [0.2, 0.25) is 5.91 Å². The van der Waals surface area contributed by atoms with Gasteiger partial charge in [-0.05, 0) is 46.0 Å².